The van der Waals surface area contributed by atoms with Crippen molar-refractivity contribution in [3.63, 3.8) is 0 Å². The van der Waals surface area contributed by atoms with Crippen LogP contribution in [-0.2, 0) is 6.54 Å². The van der Waals surface area contributed by atoms with Crippen molar-refractivity contribution in [1.29, 1.82) is 0 Å². The van der Waals surface area contributed by atoms with Crippen LogP contribution in [0.5, 0.6) is 17.2 Å². The molecule has 7 nitrogen and oxygen atoms in total. The molecule has 0 fully saturated rings. The van der Waals surface area contributed by atoms with E-state index in [4.69, 9.17) is 19.3 Å². The van der Waals surface area contributed by atoms with Crippen molar-refractivity contribution >= 4 is 5.91 Å². The van der Waals surface area contributed by atoms with Crippen LogP contribution in [0.2, 0.25) is 0 Å². The fourth-order valence-corrected chi connectivity index (χ4v) is 3.56. The SMILES string of the molecule is COc1cc(OC)c(OC)cc1CNC(=O)c1cc(-c2ccccc2)nn1-c1ccccc1. The highest BCUT2D eigenvalue weighted by Crippen LogP contribution is 2.34. The molecule has 0 radical (unpaired) electrons. The van der Waals surface area contributed by atoms with E-state index in [1.165, 1.54) is 0 Å². The fourth-order valence-electron chi connectivity index (χ4n) is 3.56. The molecule has 0 saturated heterocycles. The molecule has 0 aliphatic carbocycles. The third-order valence-electron chi connectivity index (χ3n) is 5.24. The smallest absolute Gasteiger partial charge is 0.270 e. The summed E-state index contributed by atoms with van der Waals surface area (Å²) in [5.74, 6) is 1.45. The third kappa shape index (κ3) is 4.67. The van der Waals surface area contributed by atoms with Gasteiger partial charge in [-0.3, -0.25) is 4.79 Å². The van der Waals surface area contributed by atoms with E-state index >= 15 is 0 Å². The minimum absolute atomic E-state index is 0.239. The predicted molar refractivity (Wildman–Crippen MR) is 126 cm³/mol. The summed E-state index contributed by atoms with van der Waals surface area (Å²) in [5, 5.41) is 7.68. The number of ether oxygens (including phenoxy) is 3. The van der Waals surface area contributed by atoms with Crippen LogP contribution >= 0.6 is 0 Å². The topological polar surface area (TPSA) is 74.6 Å². The molecular formula is C26H25N3O4. The highest BCUT2D eigenvalue weighted by molar-refractivity contribution is 5.94. The lowest BCUT2D eigenvalue weighted by Crippen LogP contribution is -2.25. The van der Waals surface area contributed by atoms with Crippen LogP contribution in [0.15, 0.2) is 78.9 Å². The molecule has 0 bridgehead atoms. The molecule has 4 aromatic rings. The van der Waals surface area contributed by atoms with Crippen LogP contribution in [-0.4, -0.2) is 37.0 Å². The average molecular weight is 444 g/mol. The van der Waals surface area contributed by atoms with Gasteiger partial charge in [0.15, 0.2) is 11.5 Å². The van der Waals surface area contributed by atoms with E-state index in [1.54, 1.807) is 44.2 Å². The summed E-state index contributed by atoms with van der Waals surface area (Å²) in [6.45, 7) is 0.239. The van der Waals surface area contributed by atoms with Crippen LogP contribution in [0.4, 0.5) is 0 Å². The number of hydrogen-bond acceptors (Lipinski definition) is 5. The van der Waals surface area contributed by atoms with Crippen LogP contribution in [0, 0.1) is 0 Å². The number of hydrogen-bond donors (Lipinski definition) is 1. The lowest BCUT2D eigenvalue weighted by Gasteiger charge is -2.15. The van der Waals surface area contributed by atoms with Crippen LogP contribution < -0.4 is 19.5 Å². The maximum Gasteiger partial charge on any atom is 0.270 e. The molecule has 0 unspecified atom stereocenters. The Morgan fingerprint density at radius 2 is 1.42 bits per heavy atom. The molecule has 0 aliphatic rings. The van der Waals surface area contributed by atoms with Crippen molar-refractivity contribution in [3.05, 3.63) is 90.1 Å². The van der Waals surface area contributed by atoms with Crippen LogP contribution in [0.1, 0.15) is 16.1 Å². The Balaban J connectivity index is 1.65. The fraction of sp³-hybridized carbons (Fsp3) is 0.154. The first-order chi connectivity index (χ1) is 16.1. The molecule has 0 saturated carbocycles. The summed E-state index contributed by atoms with van der Waals surface area (Å²) in [6.07, 6.45) is 0. The van der Waals surface area contributed by atoms with E-state index in [1.807, 2.05) is 60.7 Å². The molecule has 1 heterocycles. The molecule has 4 rings (SSSR count). The molecule has 7 heteroatoms. The van der Waals surface area contributed by atoms with Crippen molar-refractivity contribution in [1.82, 2.24) is 15.1 Å². The second-order valence-electron chi connectivity index (χ2n) is 7.23. The first kappa shape index (κ1) is 22.0. The number of aromatic nitrogens is 2. The van der Waals surface area contributed by atoms with Gasteiger partial charge in [0.25, 0.3) is 5.91 Å². The Bertz CT molecular complexity index is 1240. The summed E-state index contributed by atoms with van der Waals surface area (Å²) < 4.78 is 17.9. The van der Waals surface area contributed by atoms with Gasteiger partial charge in [0, 0.05) is 23.7 Å². The molecule has 0 aliphatic heterocycles. The van der Waals surface area contributed by atoms with Gasteiger partial charge >= 0.3 is 0 Å². The third-order valence-corrected chi connectivity index (χ3v) is 5.24. The molecule has 168 valence electrons. The number of benzene rings is 3. The minimum atomic E-state index is -0.259. The summed E-state index contributed by atoms with van der Waals surface area (Å²) >= 11 is 0. The number of nitrogens with one attached hydrogen (secondary N) is 1. The van der Waals surface area contributed by atoms with Crippen molar-refractivity contribution in [2.75, 3.05) is 21.3 Å². The number of rotatable bonds is 8. The monoisotopic (exact) mass is 443 g/mol. The molecule has 1 aromatic heterocycles. The van der Waals surface area contributed by atoms with E-state index in [-0.39, 0.29) is 12.5 Å². The number of carbonyl (C=O) groups excluding carboxylic acids is 1. The van der Waals surface area contributed by atoms with E-state index in [0.29, 0.717) is 28.6 Å². The van der Waals surface area contributed by atoms with Gasteiger partial charge in [-0.1, -0.05) is 48.5 Å². The van der Waals surface area contributed by atoms with Crippen LogP contribution in [0.3, 0.4) is 0 Å². The summed E-state index contributed by atoms with van der Waals surface area (Å²) in [4.78, 5) is 13.3. The summed E-state index contributed by atoms with van der Waals surface area (Å²) in [7, 11) is 4.70. The van der Waals surface area contributed by atoms with E-state index in [2.05, 4.69) is 5.32 Å². The standard InChI is InChI=1S/C26H25N3O4/c1-31-23-16-25(33-3)24(32-2)14-19(23)17-27-26(30)22-15-21(18-10-6-4-7-11-18)28-29(22)20-12-8-5-9-13-20/h4-16H,17H2,1-3H3,(H,27,30). The zero-order valence-corrected chi connectivity index (χ0v) is 18.7. The summed E-state index contributed by atoms with van der Waals surface area (Å²) in [5.41, 5.74) is 3.64. The first-order valence-corrected chi connectivity index (χ1v) is 10.4. The molecule has 1 amide bonds. The highest BCUT2D eigenvalue weighted by atomic mass is 16.5. The zero-order chi connectivity index (χ0) is 23.2. The van der Waals surface area contributed by atoms with E-state index in [0.717, 1.165) is 16.8 Å². The molecule has 3 aromatic carbocycles. The average Bonchev–Trinajstić information content (AvgIpc) is 3.33. The largest absolute Gasteiger partial charge is 0.496 e. The molecule has 0 atom stereocenters. The second kappa shape index (κ2) is 9.91. The Kier molecular flexibility index (Phi) is 6.59. The lowest BCUT2D eigenvalue weighted by molar-refractivity contribution is 0.0943. The zero-order valence-electron chi connectivity index (χ0n) is 18.7. The number of amides is 1. The lowest BCUT2D eigenvalue weighted by atomic mass is 10.1. The second-order valence-corrected chi connectivity index (χ2v) is 7.23. The Morgan fingerprint density at radius 1 is 0.818 bits per heavy atom. The van der Waals surface area contributed by atoms with Crippen molar-refractivity contribution in [3.8, 4) is 34.2 Å². The van der Waals surface area contributed by atoms with Gasteiger partial charge in [-0.05, 0) is 24.3 Å². The Labute approximate surface area is 192 Å². The molecule has 33 heavy (non-hydrogen) atoms. The van der Waals surface area contributed by atoms with Gasteiger partial charge in [-0.25, -0.2) is 4.68 Å². The maximum absolute atomic E-state index is 13.3. The van der Waals surface area contributed by atoms with Crippen molar-refractivity contribution in [2.45, 2.75) is 6.54 Å². The Hall–Kier alpha value is -4.26. The molecule has 0 spiro atoms. The van der Waals surface area contributed by atoms with Gasteiger partial charge in [0.2, 0.25) is 0 Å². The van der Waals surface area contributed by atoms with Gasteiger partial charge in [0.05, 0.1) is 32.7 Å². The predicted octanol–water partition coefficient (Wildman–Crippen LogP) is 4.50. The number of methoxy groups -OCH3 is 3. The van der Waals surface area contributed by atoms with Gasteiger partial charge in [0.1, 0.15) is 11.4 Å². The number of para-hydroxylation sites is 1. The van der Waals surface area contributed by atoms with Gasteiger partial charge in [-0.15, -0.1) is 0 Å². The quantitative estimate of drug-likeness (QED) is 0.434. The normalized spacial score (nSPS) is 10.5. The number of carbonyl (C=O) groups is 1. The minimum Gasteiger partial charge on any atom is -0.496 e. The highest BCUT2D eigenvalue weighted by Gasteiger charge is 2.19. The first-order valence-electron chi connectivity index (χ1n) is 10.4. The maximum atomic E-state index is 13.3. The van der Waals surface area contributed by atoms with Crippen molar-refractivity contribution < 1.29 is 19.0 Å². The van der Waals surface area contributed by atoms with Gasteiger partial charge in [-0.2, -0.15) is 5.10 Å². The Morgan fingerprint density at radius 3 is 2.06 bits per heavy atom. The molecular weight excluding hydrogens is 418 g/mol. The number of nitrogens with zero attached hydrogens (tertiary/aromatic N) is 2. The van der Waals surface area contributed by atoms with Crippen molar-refractivity contribution in [2.24, 2.45) is 0 Å². The molecule has 1 N–H and O–H groups in total. The van der Waals surface area contributed by atoms with Crippen LogP contribution in [0.25, 0.3) is 16.9 Å². The van der Waals surface area contributed by atoms with E-state index in [9.17, 15) is 4.79 Å². The summed E-state index contributed by atoms with van der Waals surface area (Å²) in [6, 6.07) is 24.7. The van der Waals surface area contributed by atoms with Gasteiger partial charge < -0.3 is 19.5 Å². The van der Waals surface area contributed by atoms with E-state index < -0.39 is 0 Å².